The molecule has 0 aromatic carbocycles. The minimum atomic E-state index is -0.0776. The number of piperidine rings is 1. The first-order chi connectivity index (χ1) is 4.33. The van der Waals surface area contributed by atoms with Crippen molar-refractivity contribution in [1.29, 1.82) is 0 Å². The van der Waals surface area contributed by atoms with Gasteiger partial charge in [-0.25, -0.2) is 4.31 Å². The third kappa shape index (κ3) is 2.16. The zero-order chi connectivity index (χ0) is 6.69. The van der Waals surface area contributed by atoms with Crippen LogP contribution < -0.4 is 0 Å². The van der Waals surface area contributed by atoms with Crippen LogP contribution in [-0.2, 0) is 0 Å². The lowest BCUT2D eigenvalue weighted by Crippen LogP contribution is -2.33. The summed E-state index contributed by atoms with van der Waals surface area (Å²) in [4.78, 5) is 0. The zero-order valence-corrected chi connectivity index (χ0v) is 6.52. The molecule has 2 nitrogen and oxygen atoms in total. The van der Waals surface area contributed by atoms with E-state index < -0.39 is 0 Å². The molecular weight excluding hydrogens is 134 g/mol. The van der Waals surface area contributed by atoms with Gasteiger partial charge < -0.3 is 5.11 Å². The molecule has 0 aliphatic carbocycles. The highest BCUT2D eigenvalue weighted by atomic mass is 32.2. The Hall–Kier alpha value is 0.270. The third-order valence-corrected chi connectivity index (χ3v) is 2.47. The van der Waals surface area contributed by atoms with Crippen LogP contribution in [0.1, 0.15) is 12.8 Å². The summed E-state index contributed by atoms with van der Waals surface area (Å²) < 4.78 is 2.20. The lowest BCUT2D eigenvalue weighted by atomic mass is 10.1. The predicted octanol–water partition coefficient (Wildman–Crippen LogP) is 0.721. The summed E-state index contributed by atoms with van der Waals surface area (Å²) in [7, 11) is 0. The van der Waals surface area contributed by atoms with Crippen molar-refractivity contribution in [1.82, 2.24) is 4.31 Å². The summed E-state index contributed by atoms with van der Waals surface area (Å²) in [5, 5.41) is 9.16. The molecule has 0 radical (unpaired) electrons. The van der Waals surface area contributed by atoms with Gasteiger partial charge in [0.1, 0.15) is 0 Å². The zero-order valence-electron chi connectivity index (χ0n) is 5.71. The van der Waals surface area contributed by atoms with E-state index >= 15 is 0 Å². The average molecular weight is 147 g/mol. The van der Waals surface area contributed by atoms with Crippen molar-refractivity contribution in [2.24, 2.45) is 0 Å². The van der Waals surface area contributed by atoms with Crippen LogP contribution in [0.2, 0.25) is 0 Å². The molecule has 0 spiro atoms. The van der Waals surface area contributed by atoms with Crippen LogP contribution in [0.15, 0.2) is 0 Å². The molecule has 0 amide bonds. The lowest BCUT2D eigenvalue weighted by molar-refractivity contribution is 0.113. The largest absolute Gasteiger partial charge is 0.392 e. The molecule has 1 atom stereocenters. The van der Waals surface area contributed by atoms with Crippen molar-refractivity contribution in [2.75, 3.05) is 19.3 Å². The van der Waals surface area contributed by atoms with E-state index in [1.165, 1.54) is 0 Å². The molecule has 1 N–H and O–H groups in total. The predicted molar refractivity (Wildman–Crippen MR) is 40.3 cm³/mol. The molecule has 3 heteroatoms. The number of hydrogen-bond donors (Lipinski definition) is 1. The summed E-state index contributed by atoms with van der Waals surface area (Å²) >= 11 is 1.72. The van der Waals surface area contributed by atoms with Crippen molar-refractivity contribution in [3.8, 4) is 0 Å². The Balaban J connectivity index is 2.23. The van der Waals surface area contributed by atoms with E-state index in [1.54, 1.807) is 11.9 Å². The van der Waals surface area contributed by atoms with Crippen molar-refractivity contribution in [2.45, 2.75) is 18.9 Å². The Kier molecular flexibility index (Phi) is 2.82. The lowest BCUT2D eigenvalue weighted by Gasteiger charge is -2.27. The van der Waals surface area contributed by atoms with Crippen molar-refractivity contribution in [3.63, 3.8) is 0 Å². The van der Waals surface area contributed by atoms with Gasteiger partial charge in [-0.2, -0.15) is 0 Å². The van der Waals surface area contributed by atoms with Crippen molar-refractivity contribution in [3.05, 3.63) is 0 Å². The minimum absolute atomic E-state index is 0.0776. The molecule has 9 heavy (non-hydrogen) atoms. The highest BCUT2D eigenvalue weighted by Gasteiger charge is 2.15. The standard InChI is InChI=1S/C6H13NOS/c1-9-7-4-2-3-6(8)5-7/h6,8H,2-5H2,1H3/t6-/m1/s1. The van der Waals surface area contributed by atoms with E-state index in [0.29, 0.717) is 0 Å². The smallest absolute Gasteiger partial charge is 0.0677 e. The van der Waals surface area contributed by atoms with Crippen molar-refractivity contribution < 1.29 is 5.11 Å². The van der Waals surface area contributed by atoms with Gasteiger partial charge in [0.15, 0.2) is 0 Å². The van der Waals surface area contributed by atoms with Gasteiger partial charge in [-0.1, -0.05) is 11.9 Å². The van der Waals surface area contributed by atoms with E-state index in [4.69, 9.17) is 5.11 Å². The van der Waals surface area contributed by atoms with E-state index in [2.05, 4.69) is 10.6 Å². The summed E-state index contributed by atoms with van der Waals surface area (Å²) in [6, 6.07) is 0. The summed E-state index contributed by atoms with van der Waals surface area (Å²) in [6.07, 6.45) is 4.10. The fourth-order valence-electron chi connectivity index (χ4n) is 1.09. The maximum atomic E-state index is 9.16. The average Bonchev–Trinajstić information content (AvgIpc) is 1.88. The van der Waals surface area contributed by atoms with E-state index in [9.17, 15) is 0 Å². The van der Waals surface area contributed by atoms with Crippen LogP contribution in [0.4, 0.5) is 0 Å². The normalized spacial score (nSPS) is 30.7. The molecule has 0 saturated carbocycles. The Morgan fingerprint density at radius 3 is 2.89 bits per heavy atom. The van der Waals surface area contributed by atoms with Crippen molar-refractivity contribution >= 4 is 11.9 Å². The number of rotatable bonds is 1. The maximum Gasteiger partial charge on any atom is 0.0677 e. The van der Waals surface area contributed by atoms with Gasteiger partial charge in [-0.3, -0.25) is 0 Å². The Labute approximate surface area is 60.4 Å². The van der Waals surface area contributed by atoms with Crippen LogP contribution in [0.25, 0.3) is 0 Å². The Morgan fingerprint density at radius 1 is 1.67 bits per heavy atom. The number of β-amino-alcohol motifs (C(OH)–C–C–N with tert-alkyl or cyclic N) is 1. The third-order valence-electron chi connectivity index (χ3n) is 1.62. The summed E-state index contributed by atoms with van der Waals surface area (Å²) in [6.45, 7) is 1.99. The Bertz CT molecular complexity index is 89.1. The number of aliphatic hydroxyl groups is 1. The van der Waals surface area contributed by atoms with E-state index in [-0.39, 0.29) is 6.10 Å². The van der Waals surface area contributed by atoms with Gasteiger partial charge in [0.25, 0.3) is 0 Å². The molecule has 0 aromatic heterocycles. The van der Waals surface area contributed by atoms with Gasteiger partial charge in [0, 0.05) is 13.1 Å². The second-order valence-corrected chi connectivity index (χ2v) is 3.25. The first-order valence-electron chi connectivity index (χ1n) is 3.30. The molecule has 1 saturated heterocycles. The van der Waals surface area contributed by atoms with Gasteiger partial charge in [0.05, 0.1) is 6.10 Å². The molecule has 1 aliphatic heterocycles. The second-order valence-electron chi connectivity index (χ2n) is 2.37. The van der Waals surface area contributed by atoms with E-state index in [0.717, 1.165) is 25.9 Å². The molecule has 1 rings (SSSR count). The summed E-state index contributed by atoms with van der Waals surface area (Å²) in [5.41, 5.74) is 0. The van der Waals surface area contributed by atoms with Gasteiger partial charge in [-0.15, -0.1) is 0 Å². The number of aliphatic hydroxyl groups excluding tert-OH is 1. The molecule has 1 fully saturated rings. The van der Waals surface area contributed by atoms with Crippen LogP contribution >= 0.6 is 11.9 Å². The topological polar surface area (TPSA) is 23.5 Å². The molecule has 0 unspecified atom stereocenters. The van der Waals surface area contributed by atoms with Gasteiger partial charge in [0.2, 0.25) is 0 Å². The highest BCUT2D eigenvalue weighted by Crippen LogP contribution is 2.15. The van der Waals surface area contributed by atoms with Crippen LogP contribution in [-0.4, -0.2) is 34.9 Å². The second kappa shape index (κ2) is 3.44. The van der Waals surface area contributed by atoms with Gasteiger partial charge in [-0.05, 0) is 19.1 Å². The maximum absolute atomic E-state index is 9.16. The van der Waals surface area contributed by atoms with Crippen LogP contribution in [0.5, 0.6) is 0 Å². The molecular formula is C6H13NOS. The Morgan fingerprint density at radius 2 is 2.44 bits per heavy atom. The molecule has 0 aromatic rings. The van der Waals surface area contributed by atoms with Crippen LogP contribution in [0.3, 0.4) is 0 Å². The molecule has 0 bridgehead atoms. The number of hydrogen-bond acceptors (Lipinski definition) is 3. The highest BCUT2D eigenvalue weighted by molar-refractivity contribution is 7.96. The SMILES string of the molecule is CSN1CCC[C@@H](O)C1. The molecule has 1 aliphatic rings. The van der Waals surface area contributed by atoms with E-state index in [1.807, 2.05) is 0 Å². The minimum Gasteiger partial charge on any atom is -0.392 e. The first kappa shape index (κ1) is 7.38. The molecule has 54 valence electrons. The monoisotopic (exact) mass is 147 g/mol. The number of nitrogens with zero attached hydrogens (tertiary/aromatic N) is 1. The van der Waals surface area contributed by atoms with Crippen LogP contribution in [0, 0.1) is 0 Å². The fourth-order valence-corrected chi connectivity index (χ4v) is 1.72. The summed E-state index contributed by atoms with van der Waals surface area (Å²) in [5.74, 6) is 0. The molecule has 1 heterocycles. The first-order valence-corrected chi connectivity index (χ1v) is 4.48. The quantitative estimate of drug-likeness (QED) is 0.553. The fraction of sp³-hybridized carbons (Fsp3) is 1.00. The van der Waals surface area contributed by atoms with Gasteiger partial charge >= 0.3 is 0 Å².